The van der Waals surface area contributed by atoms with Crippen LogP contribution in [-0.4, -0.2) is 4.98 Å². The molecule has 51 heavy (non-hydrogen) atoms. The van der Waals surface area contributed by atoms with E-state index in [4.69, 9.17) is 0 Å². The third kappa shape index (κ3) is 5.18. The molecule has 240 valence electrons. The van der Waals surface area contributed by atoms with Crippen LogP contribution in [0.4, 0.5) is 17.1 Å². The highest BCUT2D eigenvalue weighted by molar-refractivity contribution is 7.25. The molecule has 0 atom stereocenters. The van der Waals surface area contributed by atoms with Crippen LogP contribution in [0, 0.1) is 0 Å². The fraction of sp³-hybridized carbons (Fsp3) is 0. The molecule has 0 amide bonds. The second-order valence-electron chi connectivity index (χ2n) is 13.1. The van der Waals surface area contributed by atoms with Crippen LogP contribution in [0.1, 0.15) is 0 Å². The number of aromatic nitrogens is 1. The molecule has 0 saturated heterocycles. The lowest BCUT2D eigenvalue weighted by molar-refractivity contribution is 1.29. The van der Waals surface area contributed by atoms with E-state index in [2.05, 4.69) is 198 Å². The van der Waals surface area contributed by atoms with Crippen LogP contribution >= 0.6 is 11.3 Å². The second-order valence-corrected chi connectivity index (χ2v) is 14.1. The second kappa shape index (κ2) is 12.2. The normalized spacial score (nSPS) is 11.5. The molecule has 0 bridgehead atoms. The third-order valence-electron chi connectivity index (χ3n) is 10.0. The van der Waals surface area contributed by atoms with Crippen LogP contribution in [0.25, 0.3) is 75.4 Å². The molecule has 3 heteroatoms. The van der Waals surface area contributed by atoms with Gasteiger partial charge in [0, 0.05) is 59.1 Å². The van der Waals surface area contributed by atoms with E-state index in [-0.39, 0.29) is 0 Å². The summed E-state index contributed by atoms with van der Waals surface area (Å²) >= 11 is 1.86. The predicted molar refractivity (Wildman–Crippen MR) is 220 cm³/mol. The minimum absolute atomic E-state index is 1.10. The topological polar surface area (TPSA) is 19.0 Å². The molecule has 10 aromatic rings. The molecule has 10 rings (SSSR count). The van der Waals surface area contributed by atoms with E-state index in [1.165, 1.54) is 64.3 Å². The van der Waals surface area contributed by atoms with Crippen molar-refractivity contribution in [3.05, 3.63) is 188 Å². The largest absolute Gasteiger partial charge is 0.354 e. The maximum absolute atomic E-state index is 3.80. The van der Waals surface area contributed by atoms with Gasteiger partial charge < -0.3 is 9.88 Å². The average Bonchev–Trinajstić information content (AvgIpc) is 3.77. The van der Waals surface area contributed by atoms with Crippen LogP contribution in [0.2, 0.25) is 0 Å². The zero-order valence-corrected chi connectivity index (χ0v) is 28.6. The number of nitrogens with zero attached hydrogens (tertiary/aromatic N) is 1. The molecule has 0 aliphatic carbocycles. The van der Waals surface area contributed by atoms with Gasteiger partial charge in [0.05, 0.1) is 5.52 Å². The van der Waals surface area contributed by atoms with E-state index in [0.717, 1.165) is 28.1 Å². The minimum atomic E-state index is 1.10. The van der Waals surface area contributed by atoms with Gasteiger partial charge in [0.25, 0.3) is 0 Å². The molecule has 2 heterocycles. The quantitative estimate of drug-likeness (QED) is 0.187. The Bertz CT molecular complexity index is 2750. The summed E-state index contributed by atoms with van der Waals surface area (Å²) in [5.74, 6) is 0. The third-order valence-corrected chi connectivity index (χ3v) is 11.1. The fourth-order valence-corrected chi connectivity index (χ4v) is 8.65. The van der Waals surface area contributed by atoms with Crippen LogP contribution < -0.4 is 4.90 Å². The highest BCUT2D eigenvalue weighted by Gasteiger charge is 2.19. The van der Waals surface area contributed by atoms with Crippen molar-refractivity contribution >= 4 is 70.4 Å². The number of para-hydroxylation sites is 1. The van der Waals surface area contributed by atoms with Gasteiger partial charge in [-0.3, -0.25) is 0 Å². The standard InChI is InChI=1S/C48H32N2S/c1-3-11-32(12-4-1)34-19-24-37(25-20-34)50(38-26-21-35(22-27-38)33-13-5-2-6-14-33)39-30-43(48-44(31-39)40-15-7-9-17-45(40)49-48)36-23-28-42-41-16-8-10-18-46(41)51-47(42)29-36/h1-31,49H. The highest BCUT2D eigenvalue weighted by atomic mass is 32.1. The lowest BCUT2D eigenvalue weighted by Crippen LogP contribution is -2.10. The van der Waals surface area contributed by atoms with Gasteiger partial charge in [-0.15, -0.1) is 11.3 Å². The Morgan fingerprint density at radius 1 is 0.353 bits per heavy atom. The Hall–Kier alpha value is -6.42. The maximum Gasteiger partial charge on any atom is 0.0546 e. The summed E-state index contributed by atoms with van der Waals surface area (Å²) in [5, 5.41) is 5.05. The van der Waals surface area contributed by atoms with E-state index >= 15 is 0 Å². The summed E-state index contributed by atoms with van der Waals surface area (Å²) in [6, 6.07) is 68.1. The average molecular weight is 669 g/mol. The molecule has 1 N–H and O–H groups in total. The van der Waals surface area contributed by atoms with Gasteiger partial charge in [0.1, 0.15) is 0 Å². The van der Waals surface area contributed by atoms with Gasteiger partial charge in [0.15, 0.2) is 0 Å². The molecule has 0 aliphatic rings. The van der Waals surface area contributed by atoms with Crippen molar-refractivity contribution in [2.24, 2.45) is 0 Å². The minimum Gasteiger partial charge on any atom is -0.354 e. The summed E-state index contributed by atoms with van der Waals surface area (Å²) in [5.41, 5.74) is 12.8. The Kier molecular flexibility index (Phi) is 7.04. The molecule has 0 aliphatic heterocycles. The number of nitrogens with one attached hydrogen (secondary N) is 1. The van der Waals surface area contributed by atoms with Gasteiger partial charge >= 0.3 is 0 Å². The van der Waals surface area contributed by atoms with Gasteiger partial charge in [-0.2, -0.15) is 0 Å². The number of benzene rings is 8. The SMILES string of the molecule is c1ccc(-c2ccc(N(c3ccc(-c4ccccc4)cc3)c3cc(-c4ccc5c(c4)sc4ccccc45)c4[nH]c5ccccc5c4c3)cc2)cc1. The summed E-state index contributed by atoms with van der Waals surface area (Å²) in [4.78, 5) is 6.20. The molecule has 8 aromatic carbocycles. The van der Waals surface area contributed by atoms with E-state index in [9.17, 15) is 0 Å². The first-order valence-corrected chi connectivity index (χ1v) is 18.2. The van der Waals surface area contributed by atoms with E-state index < -0.39 is 0 Å². The zero-order valence-electron chi connectivity index (χ0n) is 27.8. The lowest BCUT2D eigenvalue weighted by atomic mass is 9.98. The molecular weight excluding hydrogens is 637 g/mol. The number of anilines is 3. The Labute approximate surface area is 300 Å². The highest BCUT2D eigenvalue weighted by Crippen LogP contribution is 2.44. The number of rotatable bonds is 6. The summed E-state index contributed by atoms with van der Waals surface area (Å²) in [7, 11) is 0. The number of thiophene rings is 1. The first-order chi connectivity index (χ1) is 25.3. The molecule has 0 spiro atoms. The van der Waals surface area contributed by atoms with E-state index in [1.54, 1.807) is 0 Å². The van der Waals surface area contributed by atoms with E-state index in [0.29, 0.717) is 0 Å². The summed E-state index contributed by atoms with van der Waals surface area (Å²) in [6.07, 6.45) is 0. The van der Waals surface area contributed by atoms with Crippen molar-refractivity contribution in [2.75, 3.05) is 4.90 Å². The summed E-state index contributed by atoms with van der Waals surface area (Å²) < 4.78 is 2.62. The van der Waals surface area contributed by atoms with Crippen molar-refractivity contribution in [3.8, 4) is 33.4 Å². The van der Waals surface area contributed by atoms with Crippen molar-refractivity contribution in [2.45, 2.75) is 0 Å². The molecule has 0 radical (unpaired) electrons. The number of H-pyrrole nitrogens is 1. The number of hydrogen-bond acceptors (Lipinski definition) is 2. The molecule has 0 fully saturated rings. The molecular formula is C48H32N2S. The predicted octanol–water partition coefficient (Wildman–Crippen LogP) is 14.2. The van der Waals surface area contributed by atoms with Gasteiger partial charge in [-0.25, -0.2) is 0 Å². The fourth-order valence-electron chi connectivity index (χ4n) is 7.50. The van der Waals surface area contributed by atoms with Crippen molar-refractivity contribution in [3.63, 3.8) is 0 Å². The lowest BCUT2D eigenvalue weighted by Gasteiger charge is -2.27. The Balaban J connectivity index is 1.19. The number of aromatic amines is 1. The molecule has 0 saturated carbocycles. The van der Waals surface area contributed by atoms with Crippen LogP contribution in [0.3, 0.4) is 0 Å². The first-order valence-electron chi connectivity index (χ1n) is 17.3. The Morgan fingerprint density at radius 2 is 0.882 bits per heavy atom. The van der Waals surface area contributed by atoms with Crippen LogP contribution in [-0.2, 0) is 0 Å². The zero-order chi connectivity index (χ0) is 33.7. The first kappa shape index (κ1) is 29.5. The van der Waals surface area contributed by atoms with Crippen LogP contribution in [0.5, 0.6) is 0 Å². The monoisotopic (exact) mass is 668 g/mol. The smallest absolute Gasteiger partial charge is 0.0546 e. The number of fused-ring (bicyclic) bond motifs is 6. The maximum atomic E-state index is 3.80. The molecule has 0 unspecified atom stereocenters. The van der Waals surface area contributed by atoms with Crippen molar-refractivity contribution in [1.82, 2.24) is 4.98 Å². The van der Waals surface area contributed by atoms with Gasteiger partial charge in [-0.1, -0.05) is 133 Å². The molecule has 2 aromatic heterocycles. The van der Waals surface area contributed by atoms with Gasteiger partial charge in [0.2, 0.25) is 0 Å². The van der Waals surface area contributed by atoms with Crippen molar-refractivity contribution in [1.29, 1.82) is 0 Å². The summed E-state index contributed by atoms with van der Waals surface area (Å²) in [6.45, 7) is 0. The van der Waals surface area contributed by atoms with E-state index in [1.807, 2.05) is 11.3 Å². The number of hydrogen-bond donors (Lipinski definition) is 1. The van der Waals surface area contributed by atoms with Crippen LogP contribution in [0.15, 0.2) is 188 Å². The molecule has 2 nitrogen and oxygen atoms in total. The van der Waals surface area contributed by atoms with Gasteiger partial charge in [-0.05, 0) is 82.4 Å². The Morgan fingerprint density at radius 3 is 1.55 bits per heavy atom. The van der Waals surface area contributed by atoms with Crippen molar-refractivity contribution < 1.29 is 0 Å².